The second-order valence-corrected chi connectivity index (χ2v) is 5.83. The molecule has 0 amide bonds. The van der Waals surface area contributed by atoms with E-state index in [0.717, 1.165) is 0 Å². The zero-order chi connectivity index (χ0) is 17.3. The number of hydrogen-bond acceptors (Lipinski definition) is 3. The normalized spacial score (nSPS) is 10.6. The maximum Gasteiger partial charge on any atom is 0.269 e. The number of nitriles is 1. The predicted molar refractivity (Wildman–Crippen MR) is 90.0 cm³/mol. The van der Waals surface area contributed by atoms with Crippen LogP contribution in [-0.4, -0.2) is 4.98 Å². The molecule has 0 bridgehead atoms. The molecule has 3 aromatic rings. The van der Waals surface area contributed by atoms with E-state index in [1.165, 1.54) is 18.2 Å². The first-order chi connectivity index (χ1) is 11.5. The molecule has 0 unspecified atom stereocenters. The van der Waals surface area contributed by atoms with Gasteiger partial charge in [0.2, 0.25) is 5.88 Å². The number of pyridine rings is 1. The number of aromatic nitrogens is 1. The van der Waals surface area contributed by atoms with Gasteiger partial charge < -0.3 is 4.74 Å². The number of nitrogens with one attached hydrogen (secondary N) is 1. The molecule has 0 saturated carbocycles. The van der Waals surface area contributed by atoms with Crippen LogP contribution >= 0.6 is 23.2 Å². The summed E-state index contributed by atoms with van der Waals surface area (Å²) >= 11 is 12.0. The SMILES string of the molecule is N#Cc1c(=O)[nH]c(OCc2cc(Cl)ccc2Cl)c2cc(F)ccc12. The second kappa shape index (κ2) is 6.52. The average molecular weight is 363 g/mol. The first-order valence-corrected chi connectivity index (χ1v) is 7.57. The summed E-state index contributed by atoms with van der Waals surface area (Å²) in [5.41, 5.74) is -0.0964. The minimum Gasteiger partial charge on any atom is -0.474 e. The molecule has 1 N–H and O–H groups in total. The van der Waals surface area contributed by atoms with Crippen LogP contribution < -0.4 is 10.3 Å². The number of rotatable bonds is 3. The molecule has 0 aliphatic rings. The highest BCUT2D eigenvalue weighted by atomic mass is 35.5. The number of ether oxygens (including phenoxy) is 1. The Morgan fingerprint density at radius 3 is 2.71 bits per heavy atom. The van der Waals surface area contributed by atoms with Crippen molar-refractivity contribution in [2.75, 3.05) is 0 Å². The fraction of sp³-hybridized carbons (Fsp3) is 0.0588. The standard InChI is InChI=1S/C17H9Cl2FN2O2/c18-10-1-4-15(19)9(5-10)8-24-17-13-6-11(20)2-3-12(13)14(7-21)16(23)22-17/h1-6H,8H2,(H,22,23). The second-order valence-electron chi connectivity index (χ2n) is 4.98. The molecule has 0 atom stereocenters. The van der Waals surface area contributed by atoms with Crippen molar-refractivity contribution in [1.82, 2.24) is 4.98 Å². The molecule has 7 heteroatoms. The summed E-state index contributed by atoms with van der Waals surface area (Å²) in [6.07, 6.45) is 0. The van der Waals surface area contributed by atoms with E-state index in [9.17, 15) is 9.18 Å². The summed E-state index contributed by atoms with van der Waals surface area (Å²) in [6.45, 7) is 0.0207. The van der Waals surface area contributed by atoms with Gasteiger partial charge in [0.25, 0.3) is 5.56 Å². The van der Waals surface area contributed by atoms with Gasteiger partial charge in [-0.2, -0.15) is 5.26 Å². The minimum absolute atomic E-state index is 0.0207. The maximum atomic E-state index is 13.6. The summed E-state index contributed by atoms with van der Waals surface area (Å²) < 4.78 is 19.2. The summed E-state index contributed by atoms with van der Waals surface area (Å²) in [5.74, 6) is -0.450. The van der Waals surface area contributed by atoms with E-state index in [2.05, 4.69) is 4.98 Å². The van der Waals surface area contributed by atoms with Crippen molar-refractivity contribution >= 4 is 34.0 Å². The molecular formula is C17H9Cl2FN2O2. The molecule has 2 aromatic carbocycles. The lowest BCUT2D eigenvalue weighted by atomic mass is 10.1. The van der Waals surface area contributed by atoms with Gasteiger partial charge in [-0.05, 0) is 36.4 Å². The number of halogens is 3. The lowest BCUT2D eigenvalue weighted by molar-refractivity contribution is 0.297. The van der Waals surface area contributed by atoms with E-state index < -0.39 is 11.4 Å². The zero-order valence-electron chi connectivity index (χ0n) is 12.1. The first kappa shape index (κ1) is 16.3. The Morgan fingerprint density at radius 1 is 1.17 bits per heavy atom. The molecule has 0 spiro atoms. The number of benzene rings is 2. The summed E-state index contributed by atoms with van der Waals surface area (Å²) in [7, 11) is 0. The fourth-order valence-corrected chi connectivity index (χ4v) is 2.67. The van der Waals surface area contributed by atoms with E-state index in [0.29, 0.717) is 26.4 Å². The highest BCUT2D eigenvalue weighted by Crippen LogP contribution is 2.27. The highest BCUT2D eigenvalue weighted by Gasteiger charge is 2.13. The highest BCUT2D eigenvalue weighted by molar-refractivity contribution is 6.33. The van der Waals surface area contributed by atoms with Gasteiger partial charge in [0, 0.05) is 26.4 Å². The molecule has 3 rings (SSSR count). The van der Waals surface area contributed by atoms with Gasteiger partial charge in [-0.3, -0.25) is 9.78 Å². The lowest BCUT2D eigenvalue weighted by Crippen LogP contribution is -2.13. The van der Waals surface area contributed by atoms with Gasteiger partial charge in [0.1, 0.15) is 24.1 Å². The van der Waals surface area contributed by atoms with Gasteiger partial charge in [-0.1, -0.05) is 23.2 Å². The van der Waals surface area contributed by atoms with Crippen LogP contribution in [0.25, 0.3) is 10.8 Å². The van der Waals surface area contributed by atoms with Crippen molar-refractivity contribution in [2.24, 2.45) is 0 Å². The minimum atomic E-state index is -0.608. The largest absolute Gasteiger partial charge is 0.474 e. The number of nitrogens with zero attached hydrogens (tertiary/aromatic N) is 1. The van der Waals surface area contributed by atoms with E-state index in [4.69, 9.17) is 33.2 Å². The van der Waals surface area contributed by atoms with Crippen LogP contribution in [-0.2, 0) is 6.61 Å². The number of hydrogen-bond donors (Lipinski definition) is 1. The van der Waals surface area contributed by atoms with Crippen molar-refractivity contribution in [3.05, 3.63) is 73.7 Å². The monoisotopic (exact) mass is 362 g/mol. The fourth-order valence-electron chi connectivity index (χ4n) is 2.31. The van der Waals surface area contributed by atoms with Gasteiger partial charge >= 0.3 is 0 Å². The van der Waals surface area contributed by atoms with E-state index in [-0.39, 0.29) is 18.1 Å². The van der Waals surface area contributed by atoms with Gasteiger partial charge in [-0.25, -0.2) is 4.39 Å². The van der Waals surface area contributed by atoms with Crippen LogP contribution in [0.1, 0.15) is 11.1 Å². The number of aromatic amines is 1. The lowest BCUT2D eigenvalue weighted by Gasteiger charge is -2.11. The Bertz CT molecular complexity index is 1040. The molecule has 0 radical (unpaired) electrons. The quantitative estimate of drug-likeness (QED) is 0.749. The Labute approximate surface area is 146 Å². The molecule has 1 aromatic heterocycles. The van der Waals surface area contributed by atoms with E-state index >= 15 is 0 Å². The van der Waals surface area contributed by atoms with Gasteiger partial charge in [0.15, 0.2) is 0 Å². The molecular weight excluding hydrogens is 354 g/mol. The smallest absolute Gasteiger partial charge is 0.269 e. The summed E-state index contributed by atoms with van der Waals surface area (Å²) in [5, 5.41) is 10.7. The van der Waals surface area contributed by atoms with Crippen LogP contribution in [0, 0.1) is 17.1 Å². The van der Waals surface area contributed by atoms with Crippen molar-refractivity contribution < 1.29 is 9.13 Å². The Hall–Kier alpha value is -2.55. The molecule has 1 heterocycles. The first-order valence-electron chi connectivity index (χ1n) is 6.82. The third-order valence-electron chi connectivity index (χ3n) is 3.44. The van der Waals surface area contributed by atoms with Crippen molar-refractivity contribution in [2.45, 2.75) is 6.61 Å². The number of fused-ring (bicyclic) bond motifs is 1. The third-order valence-corrected chi connectivity index (χ3v) is 4.05. The van der Waals surface area contributed by atoms with Crippen molar-refractivity contribution in [3.8, 4) is 11.9 Å². The molecule has 0 aliphatic heterocycles. The van der Waals surface area contributed by atoms with Gasteiger partial charge in [-0.15, -0.1) is 0 Å². The molecule has 4 nitrogen and oxygen atoms in total. The van der Waals surface area contributed by atoms with Crippen molar-refractivity contribution in [1.29, 1.82) is 5.26 Å². The molecule has 24 heavy (non-hydrogen) atoms. The van der Waals surface area contributed by atoms with Crippen LogP contribution in [0.5, 0.6) is 5.88 Å². The Kier molecular flexibility index (Phi) is 4.43. The zero-order valence-corrected chi connectivity index (χ0v) is 13.6. The van der Waals surface area contributed by atoms with Crippen LogP contribution in [0.3, 0.4) is 0 Å². The predicted octanol–water partition coefficient (Wildman–Crippen LogP) is 4.42. The average Bonchev–Trinajstić information content (AvgIpc) is 2.56. The maximum absolute atomic E-state index is 13.6. The van der Waals surface area contributed by atoms with Crippen LogP contribution in [0.15, 0.2) is 41.2 Å². The van der Waals surface area contributed by atoms with E-state index in [1.807, 2.05) is 6.07 Å². The molecule has 0 aliphatic carbocycles. The topological polar surface area (TPSA) is 65.9 Å². The molecule has 0 fully saturated rings. The van der Waals surface area contributed by atoms with Crippen LogP contribution in [0.2, 0.25) is 10.0 Å². The molecule has 0 saturated heterocycles. The molecule has 120 valence electrons. The van der Waals surface area contributed by atoms with Crippen molar-refractivity contribution in [3.63, 3.8) is 0 Å². The Morgan fingerprint density at radius 2 is 1.96 bits per heavy atom. The van der Waals surface area contributed by atoms with E-state index in [1.54, 1.807) is 18.2 Å². The van der Waals surface area contributed by atoms with Crippen LogP contribution in [0.4, 0.5) is 4.39 Å². The summed E-state index contributed by atoms with van der Waals surface area (Å²) in [6, 6.07) is 10.5. The summed E-state index contributed by atoms with van der Waals surface area (Å²) in [4.78, 5) is 14.5. The Balaban J connectivity index is 2.07. The van der Waals surface area contributed by atoms with Gasteiger partial charge in [0.05, 0.1) is 0 Å². The number of H-pyrrole nitrogens is 1. The third kappa shape index (κ3) is 3.07.